The van der Waals surface area contributed by atoms with Gasteiger partial charge in [-0.05, 0) is 36.1 Å². The van der Waals surface area contributed by atoms with Crippen molar-refractivity contribution in [1.82, 2.24) is 0 Å². The second-order valence-corrected chi connectivity index (χ2v) is 5.10. The Hall–Kier alpha value is -1.52. The molecule has 0 radical (unpaired) electrons. The molecule has 0 aliphatic carbocycles. The second kappa shape index (κ2) is 5.89. The van der Waals surface area contributed by atoms with E-state index in [4.69, 9.17) is 15.2 Å². The molecule has 0 amide bonds. The molecule has 1 aromatic heterocycles. The minimum absolute atomic E-state index is 0.00903. The quantitative estimate of drug-likeness (QED) is 0.899. The van der Waals surface area contributed by atoms with E-state index in [0.717, 1.165) is 17.1 Å². The Bertz CT molecular complexity index is 495. The van der Waals surface area contributed by atoms with Crippen molar-refractivity contribution in [3.05, 3.63) is 46.2 Å². The van der Waals surface area contributed by atoms with Gasteiger partial charge < -0.3 is 15.2 Å². The lowest BCUT2D eigenvalue weighted by Gasteiger charge is -2.13. The van der Waals surface area contributed by atoms with Crippen LogP contribution in [0.15, 0.2) is 35.7 Å². The van der Waals surface area contributed by atoms with Gasteiger partial charge >= 0.3 is 0 Å². The maximum absolute atomic E-state index is 5.84. The summed E-state index contributed by atoms with van der Waals surface area (Å²) in [6.07, 6.45) is 0. The normalized spacial score (nSPS) is 12.2. The van der Waals surface area contributed by atoms with E-state index in [-0.39, 0.29) is 6.04 Å². The molecular formula is C14H17NO2S. The van der Waals surface area contributed by atoms with Crippen molar-refractivity contribution in [2.45, 2.75) is 19.6 Å². The largest absolute Gasteiger partial charge is 0.493 e. The molecule has 0 unspecified atom stereocenters. The van der Waals surface area contributed by atoms with E-state index < -0.39 is 0 Å². The van der Waals surface area contributed by atoms with Crippen LogP contribution in [0.25, 0.3) is 0 Å². The topological polar surface area (TPSA) is 44.5 Å². The van der Waals surface area contributed by atoms with Crippen molar-refractivity contribution in [2.24, 2.45) is 5.73 Å². The molecule has 0 aliphatic heterocycles. The Morgan fingerprint density at radius 3 is 2.72 bits per heavy atom. The summed E-state index contributed by atoms with van der Waals surface area (Å²) < 4.78 is 11.1. The Balaban J connectivity index is 2.12. The van der Waals surface area contributed by atoms with Gasteiger partial charge in [0.2, 0.25) is 0 Å². The Morgan fingerprint density at radius 1 is 1.28 bits per heavy atom. The van der Waals surface area contributed by atoms with E-state index in [1.807, 2.05) is 42.6 Å². The highest BCUT2D eigenvalue weighted by atomic mass is 32.1. The first-order chi connectivity index (χ1) is 8.70. The van der Waals surface area contributed by atoms with Crippen LogP contribution < -0.4 is 15.2 Å². The van der Waals surface area contributed by atoms with Gasteiger partial charge in [-0.1, -0.05) is 12.1 Å². The molecule has 1 aromatic carbocycles. The zero-order chi connectivity index (χ0) is 13.0. The minimum atomic E-state index is -0.00903. The number of nitrogens with two attached hydrogens (primary N) is 1. The van der Waals surface area contributed by atoms with Crippen molar-refractivity contribution in [3.63, 3.8) is 0 Å². The predicted octanol–water partition coefficient (Wildman–Crippen LogP) is 3.36. The molecule has 2 aromatic rings. The van der Waals surface area contributed by atoms with E-state index in [2.05, 4.69) is 0 Å². The number of hydrogen-bond donors (Lipinski definition) is 1. The molecule has 0 saturated heterocycles. The van der Waals surface area contributed by atoms with E-state index in [0.29, 0.717) is 6.61 Å². The predicted molar refractivity (Wildman–Crippen MR) is 74.2 cm³/mol. The second-order valence-electron chi connectivity index (χ2n) is 4.07. The van der Waals surface area contributed by atoms with Crippen LogP contribution >= 0.6 is 11.3 Å². The fourth-order valence-electron chi connectivity index (χ4n) is 1.63. The number of rotatable bonds is 5. The van der Waals surface area contributed by atoms with Crippen LogP contribution in [0.1, 0.15) is 23.4 Å². The van der Waals surface area contributed by atoms with Crippen molar-refractivity contribution in [2.75, 3.05) is 7.11 Å². The van der Waals surface area contributed by atoms with Gasteiger partial charge in [-0.2, -0.15) is 0 Å². The molecule has 0 spiro atoms. The fraction of sp³-hybridized carbons (Fsp3) is 0.286. The maximum Gasteiger partial charge on any atom is 0.161 e. The summed E-state index contributed by atoms with van der Waals surface area (Å²) in [7, 11) is 1.64. The lowest BCUT2D eigenvalue weighted by atomic mass is 10.1. The van der Waals surface area contributed by atoms with Crippen molar-refractivity contribution in [1.29, 1.82) is 0 Å². The summed E-state index contributed by atoms with van der Waals surface area (Å²) in [5.41, 5.74) is 6.88. The lowest BCUT2D eigenvalue weighted by Crippen LogP contribution is -2.05. The minimum Gasteiger partial charge on any atom is -0.493 e. The van der Waals surface area contributed by atoms with Gasteiger partial charge in [0.05, 0.1) is 7.11 Å². The van der Waals surface area contributed by atoms with Gasteiger partial charge in [0.1, 0.15) is 6.61 Å². The Kier molecular flexibility index (Phi) is 4.23. The molecule has 3 nitrogen and oxygen atoms in total. The lowest BCUT2D eigenvalue weighted by molar-refractivity contribution is 0.287. The van der Waals surface area contributed by atoms with Crippen molar-refractivity contribution >= 4 is 11.3 Å². The summed E-state index contributed by atoms with van der Waals surface area (Å²) in [6, 6.07) is 9.86. The molecule has 2 N–H and O–H groups in total. The van der Waals surface area contributed by atoms with Crippen molar-refractivity contribution < 1.29 is 9.47 Å². The molecule has 0 saturated carbocycles. The van der Waals surface area contributed by atoms with Crippen LogP contribution in [0, 0.1) is 0 Å². The first-order valence-electron chi connectivity index (χ1n) is 5.79. The molecule has 0 bridgehead atoms. The van der Waals surface area contributed by atoms with Gasteiger partial charge in [0.25, 0.3) is 0 Å². The van der Waals surface area contributed by atoms with E-state index >= 15 is 0 Å². The van der Waals surface area contributed by atoms with E-state index in [9.17, 15) is 0 Å². The summed E-state index contributed by atoms with van der Waals surface area (Å²) in [5.74, 6) is 1.47. The van der Waals surface area contributed by atoms with E-state index in [1.54, 1.807) is 18.4 Å². The van der Waals surface area contributed by atoms with Gasteiger partial charge in [0.15, 0.2) is 11.5 Å². The molecule has 18 heavy (non-hydrogen) atoms. The summed E-state index contributed by atoms with van der Waals surface area (Å²) in [5, 5.41) is 2.04. The zero-order valence-electron chi connectivity index (χ0n) is 10.6. The monoisotopic (exact) mass is 263 g/mol. The maximum atomic E-state index is 5.84. The standard InChI is InChI=1S/C14H17NO2S/c1-10(15)11-5-6-13(14(8-11)16-2)17-9-12-4-3-7-18-12/h3-8,10H,9,15H2,1-2H3/t10-/m1/s1. The van der Waals surface area contributed by atoms with Crippen LogP contribution in [0.5, 0.6) is 11.5 Å². The SMILES string of the molecule is COc1cc([C@@H](C)N)ccc1OCc1cccs1. The third-order valence-electron chi connectivity index (χ3n) is 2.66. The number of thiophene rings is 1. The molecule has 1 atom stereocenters. The summed E-state index contributed by atoms with van der Waals surface area (Å²) in [6.45, 7) is 2.51. The number of benzene rings is 1. The molecule has 0 aliphatic rings. The van der Waals surface area contributed by atoms with Crippen LogP contribution in [0.4, 0.5) is 0 Å². The highest BCUT2D eigenvalue weighted by Gasteiger charge is 2.08. The van der Waals surface area contributed by atoms with Crippen LogP contribution in [0.2, 0.25) is 0 Å². The number of ether oxygens (including phenoxy) is 2. The number of methoxy groups -OCH3 is 1. The van der Waals surface area contributed by atoms with Crippen LogP contribution in [-0.4, -0.2) is 7.11 Å². The smallest absolute Gasteiger partial charge is 0.161 e. The Labute approximate surface area is 111 Å². The van der Waals surface area contributed by atoms with Gasteiger partial charge in [-0.25, -0.2) is 0 Å². The molecular weight excluding hydrogens is 246 g/mol. The summed E-state index contributed by atoms with van der Waals surface area (Å²) >= 11 is 1.68. The molecule has 4 heteroatoms. The molecule has 2 rings (SSSR count). The zero-order valence-corrected chi connectivity index (χ0v) is 11.4. The molecule has 96 valence electrons. The average molecular weight is 263 g/mol. The fourth-order valence-corrected chi connectivity index (χ4v) is 2.25. The highest BCUT2D eigenvalue weighted by Crippen LogP contribution is 2.30. The van der Waals surface area contributed by atoms with Gasteiger partial charge in [0, 0.05) is 10.9 Å². The molecule has 1 heterocycles. The van der Waals surface area contributed by atoms with Gasteiger partial charge in [-0.3, -0.25) is 0 Å². The average Bonchev–Trinajstić information content (AvgIpc) is 2.89. The van der Waals surface area contributed by atoms with Crippen LogP contribution in [0.3, 0.4) is 0 Å². The number of hydrogen-bond acceptors (Lipinski definition) is 4. The van der Waals surface area contributed by atoms with Gasteiger partial charge in [-0.15, -0.1) is 11.3 Å². The molecule has 0 fully saturated rings. The Morgan fingerprint density at radius 2 is 2.11 bits per heavy atom. The van der Waals surface area contributed by atoms with E-state index in [1.165, 1.54) is 4.88 Å². The van der Waals surface area contributed by atoms with Crippen molar-refractivity contribution in [3.8, 4) is 11.5 Å². The first-order valence-corrected chi connectivity index (χ1v) is 6.67. The summed E-state index contributed by atoms with van der Waals surface area (Å²) in [4.78, 5) is 1.19. The highest BCUT2D eigenvalue weighted by molar-refractivity contribution is 7.09. The van der Waals surface area contributed by atoms with Crippen LogP contribution in [-0.2, 0) is 6.61 Å². The first kappa shape index (κ1) is 12.9. The third-order valence-corrected chi connectivity index (χ3v) is 3.51. The third kappa shape index (κ3) is 3.03.